The van der Waals surface area contributed by atoms with Gasteiger partial charge in [0.05, 0.1) is 287 Å². The van der Waals surface area contributed by atoms with Crippen LogP contribution >= 0.6 is 0 Å². The van der Waals surface area contributed by atoms with Crippen molar-refractivity contribution in [2.45, 2.75) is 385 Å². The summed E-state index contributed by atoms with van der Waals surface area (Å²) in [5.41, 5.74) is 0. The highest BCUT2D eigenvalue weighted by molar-refractivity contribution is 4.84. The van der Waals surface area contributed by atoms with Gasteiger partial charge in [-0.1, -0.05) is 90.0 Å². The zero-order chi connectivity index (χ0) is 88.0. The van der Waals surface area contributed by atoms with Crippen LogP contribution in [0, 0.1) is 71.0 Å². The first-order valence-electron chi connectivity index (χ1n) is 50.2. The number of quaternary nitrogens is 11. The maximum absolute atomic E-state index is 2.44. The van der Waals surface area contributed by atoms with Crippen LogP contribution in [0.1, 0.15) is 313 Å². The van der Waals surface area contributed by atoms with Gasteiger partial charge in [-0.05, 0) is 159 Å². The Hall–Kier alpha value is -0.440. The molecule has 30 unspecified atom stereocenters. The molecular weight excluding hydrogens is 1380 g/mol. The van der Waals surface area contributed by atoms with Gasteiger partial charge < -0.3 is 49.3 Å². The van der Waals surface area contributed by atoms with Gasteiger partial charge >= 0.3 is 0 Å². The summed E-state index contributed by atoms with van der Waals surface area (Å²) in [5.74, 6) is 11.0. The molecule has 0 bridgehead atoms. The highest BCUT2D eigenvalue weighted by atomic mass is 15.4. The Kier molecular flexibility index (Phi) is 46.4. The number of hydrogen-bond acceptors (Lipinski definition) is 0. The van der Waals surface area contributed by atoms with E-state index >= 15 is 0 Å². The highest BCUT2D eigenvalue weighted by Crippen LogP contribution is 2.42. The zero-order valence-corrected chi connectivity index (χ0v) is 87.4. The predicted octanol–water partition coefficient (Wildman–Crippen LogP) is 21.7. The second-order valence-corrected chi connectivity index (χ2v) is 45.9. The quantitative estimate of drug-likeness (QED) is 0.171. The van der Waals surface area contributed by atoms with Crippen molar-refractivity contribution < 1.29 is 49.3 Å². The minimum atomic E-state index is 0.833. The van der Waals surface area contributed by atoms with Crippen LogP contribution in [0.4, 0.5) is 0 Å². The Labute approximate surface area is 716 Å². The van der Waals surface area contributed by atoms with Crippen molar-refractivity contribution in [3.63, 3.8) is 0 Å². The molecular formula is C102H226N11+11. The van der Waals surface area contributed by atoms with Crippen LogP contribution in [0.3, 0.4) is 0 Å². The minimum Gasteiger partial charge on any atom is -0.326 e. The molecule has 0 saturated carbocycles. The van der Waals surface area contributed by atoms with Gasteiger partial charge in [0, 0.05) is 135 Å². The largest absolute Gasteiger partial charge is 0.326 e. The lowest BCUT2D eigenvalue weighted by Gasteiger charge is -2.39. The maximum atomic E-state index is 2.44. The Morgan fingerprint density at radius 2 is 0.637 bits per heavy atom. The average Bonchev–Trinajstić information content (AvgIpc) is 1.62. The average molecular weight is 1610 g/mol. The molecule has 0 aromatic rings. The predicted molar refractivity (Wildman–Crippen MR) is 507 cm³/mol. The van der Waals surface area contributed by atoms with Crippen molar-refractivity contribution in [2.75, 3.05) is 215 Å². The second kappa shape index (κ2) is 47.4. The van der Waals surface area contributed by atoms with Gasteiger partial charge in [0.15, 0.2) is 0 Å². The first kappa shape index (κ1) is 111. The molecule has 0 aliphatic carbocycles. The summed E-state index contributed by atoms with van der Waals surface area (Å²) in [5, 5.41) is 0. The van der Waals surface area contributed by atoms with Gasteiger partial charge in [-0.2, -0.15) is 0 Å². The van der Waals surface area contributed by atoms with Gasteiger partial charge in [0.2, 0.25) is 0 Å². The molecule has 678 valence electrons. The van der Waals surface area contributed by atoms with E-state index in [9.17, 15) is 0 Å². The van der Waals surface area contributed by atoms with Crippen LogP contribution in [0.5, 0.6) is 0 Å². The molecule has 11 saturated heterocycles. The van der Waals surface area contributed by atoms with Gasteiger partial charge in [-0.25, -0.2) is 0 Å². The Bertz CT molecular complexity index is 2500. The third-order valence-corrected chi connectivity index (χ3v) is 40.0. The van der Waals surface area contributed by atoms with Gasteiger partial charge in [0.25, 0.3) is 0 Å². The lowest BCUT2D eigenvalue weighted by Crippen LogP contribution is -2.53. The fraction of sp³-hybridized carbons (Fsp3) is 1.00. The number of rotatable bonds is 12. The molecule has 30 atom stereocenters. The van der Waals surface area contributed by atoms with E-state index in [1.165, 1.54) is 257 Å². The molecule has 0 aromatic carbocycles. The van der Waals surface area contributed by atoms with E-state index in [-0.39, 0.29) is 0 Å². The molecule has 11 aliphatic heterocycles. The van der Waals surface area contributed by atoms with E-state index in [1.807, 2.05) is 0 Å². The van der Waals surface area contributed by atoms with E-state index in [0.717, 1.165) is 144 Å². The number of likely N-dealkylation sites (tertiary alicyclic amines) is 11. The fourth-order valence-electron chi connectivity index (χ4n) is 24.5. The molecule has 11 fully saturated rings. The summed E-state index contributed by atoms with van der Waals surface area (Å²) >= 11 is 0. The summed E-state index contributed by atoms with van der Waals surface area (Å²) in [6.07, 6.45) is 15.6. The summed E-state index contributed by atoms with van der Waals surface area (Å²) < 4.78 is 14.2. The number of nitrogens with zero attached hydrogens (tertiary/aromatic N) is 11. The van der Waals surface area contributed by atoms with Crippen LogP contribution < -0.4 is 0 Å². The van der Waals surface area contributed by atoms with Crippen molar-refractivity contribution in [2.24, 2.45) is 71.0 Å². The van der Waals surface area contributed by atoms with Gasteiger partial charge in [-0.15, -0.1) is 0 Å². The first-order valence-corrected chi connectivity index (χ1v) is 50.2. The van der Waals surface area contributed by atoms with Crippen LogP contribution in [0.2, 0.25) is 0 Å². The van der Waals surface area contributed by atoms with Crippen molar-refractivity contribution >= 4 is 0 Å². The monoisotopic (exact) mass is 1610 g/mol. The third kappa shape index (κ3) is 28.8. The molecule has 11 aliphatic rings. The fourth-order valence-corrected chi connectivity index (χ4v) is 24.5. The topological polar surface area (TPSA) is 0 Å². The molecule has 11 rings (SSSR count). The van der Waals surface area contributed by atoms with E-state index in [0.29, 0.717) is 0 Å². The third-order valence-electron chi connectivity index (χ3n) is 40.0. The lowest BCUT2D eigenvalue weighted by atomic mass is 9.92. The standard InChI is InChI=1S/C12H26N.C11H24N.2C10H22N.4C9H20N.2C8H18N.C7H16N/c1-7-8-13(6)11(4)9(2)10(3)12(13)5;1-7-12(6)10(4)8(2)9(3)11(12)5;1-6-11(5)7-8(2)9(3)10(11)4;1-6-11(5)9(3)7-8(2)10(11)4;1-5-10(4)6-8(2)9(3)7-10;1-5-10(4)7-8(2)6-9(10)3;1-5-10(4)7-6-8(2)9(10)3;1-5-10(4)8(2)6-7-9(10)3;1-4-9(3)6-5-8(2)7-9;1-4-9(3)7-5-6-8(9)2;1-3-8(2)6-4-5-7-8/h9-12H,7-8H2,1-6H3;8-11H,7H2,1-6H3;2*8-10H,6-7H2,1-5H3;4*8-9H,5-7H2,1-4H3;2*8H,4-7H2,1-3H3;3-7H2,1-2H3/q11*+1. The Morgan fingerprint density at radius 1 is 0.212 bits per heavy atom. The summed E-state index contributed by atoms with van der Waals surface area (Å²) in [4.78, 5) is 0. The second-order valence-electron chi connectivity index (χ2n) is 45.9. The smallest absolute Gasteiger partial charge is 0.0892 e. The van der Waals surface area contributed by atoms with Crippen LogP contribution in [0.25, 0.3) is 0 Å². The van der Waals surface area contributed by atoms with Crippen molar-refractivity contribution in [3.05, 3.63) is 0 Å². The van der Waals surface area contributed by atoms with Gasteiger partial charge in [0.1, 0.15) is 0 Å². The summed E-state index contributed by atoms with van der Waals surface area (Å²) in [6, 6.07) is 10.4. The molecule has 0 radical (unpaired) electrons. The molecule has 0 aromatic heterocycles. The minimum absolute atomic E-state index is 0.833. The highest BCUT2D eigenvalue weighted by Gasteiger charge is 2.52. The molecule has 0 N–H and O–H groups in total. The first-order chi connectivity index (χ1) is 51.9. The maximum Gasteiger partial charge on any atom is 0.0892 e. The zero-order valence-electron chi connectivity index (χ0n) is 87.4. The van der Waals surface area contributed by atoms with Crippen molar-refractivity contribution in [1.29, 1.82) is 0 Å². The summed E-state index contributed by atoms with van der Waals surface area (Å²) in [6.45, 7) is 111. The normalized spacial score (nSPS) is 47.5. The van der Waals surface area contributed by atoms with Crippen LogP contribution in [-0.4, -0.2) is 337 Å². The lowest BCUT2D eigenvalue weighted by molar-refractivity contribution is -0.942. The van der Waals surface area contributed by atoms with E-state index in [4.69, 9.17) is 0 Å². The molecule has 113 heavy (non-hydrogen) atoms. The van der Waals surface area contributed by atoms with Crippen LogP contribution in [0.15, 0.2) is 0 Å². The van der Waals surface area contributed by atoms with Crippen molar-refractivity contribution in [3.8, 4) is 0 Å². The molecule has 11 heterocycles. The van der Waals surface area contributed by atoms with E-state index < -0.39 is 0 Å². The van der Waals surface area contributed by atoms with E-state index in [2.05, 4.69) is 320 Å². The summed E-state index contributed by atoms with van der Waals surface area (Å²) in [7, 11) is 26.3. The van der Waals surface area contributed by atoms with E-state index in [1.54, 1.807) is 0 Å². The molecule has 11 nitrogen and oxygen atoms in total. The molecule has 0 amide bonds. The number of hydrogen-bond donors (Lipinski definition) is 0. The van der Waals surface area contributed by atoms with Gasteiger partial charge in [-0.3, -0.25) is 0 Å². The molecule has 0 spiro atoms. The molecule has 11 heteroatoms. The van der Waals surface area contributed by atoms with Crippen LogP contribution in [-0.2, 0) is 0 Å². The Balaban J connectivity index is 0.000000623. The Morgan fingerprint density at radius 3 is 0.841 bits per heavy atom. The SMILES string of the molecule is CCC[N+]1(C)C(C)C(C)C(C)C1C.CC[N+]1(C)C(C)C(C)C(C)C1C.CC[N+]1(C)C(C)CC(C)C1C.CC[N+]1(C)C(C)CCC1C.CC[N+]1(C)CC(C)C(C)C1.CC[N+]1(C)CC(C)C(C)C1C.CC[N+]1(C)CC(C)CC1C.CC[N+]1(C)CCC(C)C1.CC[N+]1(C)CCC(C)C1C.CC[N+]1(C)CCCC1.CC[N+]1(C)CCCC1C. The van der Waals surface area contributed by atoms with Crippen molar-refractivity contribution in [1.82, 2.24) is 0 Å².